The van der Waals surface area contributed by atoms with Crippen molar-refractivity contribution in [2.24, 2.45) is 0 Å². The summed E-state index contributed by atoms with van der Waals surface area (Å²) in [6.07, 6.45) is 3.62. The molecule has 21 heavy (non-hydrogen) atoms. The molecule has 2 N–H and O–H groups in total. The van der Waals surface area contributed by atoms with E-state index in [1.807, 2.05) is 24.3 Å². The van der Waals surface area contributed by atoms with Gasteiger partial charge in [0, 0.05) is 31.9 Å². The van der Waals surface area contributed by atoms with E-state index in [2.05, 4.69) is 17.2 Å². The molecule has 0 aliphatic carbocycles. The van der Waals surface area contributed by atoms with Gasteiger partial charge in [-0.15, -0.1) is 0 Å². The number of amides is 1. The summed E-state index contributed by atoms with van der Waals surface area (Å²) in [5.41, 5.74) is 2.06. The first-order valence-electron chi connectivity index (χ1n) is 7.12. The van der Waals surface area contributed by atoms with Crippen molar-refractivity contribution in [1.82, 2.24) is 5.32 Å². The molecule has 4 heteroatoms. The van der Waals surface area contributed by atoms with Gasteiger partial charge in [-0.3, -0.25) is 9.59 Å². The summed E-state index contributed by atoms with van der Waals surface area (Å²) in [7, 11) is 1.64. The molecular formula is C17H21NO3. The second kappa shape index (κ2) is 9.60. The van der Waals surface area contributed by atoms with E-state index in [0.717, 1.165) is 24.0 Å². The van der Waals surface area contributed by atoms with Crippen LogP contribution in [0.25, 0.3) is 0 Å². The first-order valence-corrected chi connectivity index (χ1v) is 7.12. The van der Waals surface area contributed by atoms with Crippen LogP contribution in [-0.2, 0) is 16.0 Å². The normalized spacial score (nSPS) is 9.57. The molecule has 4 nitrogen and oxygen atoms in total. The van der Waals surface area contributed by atoms with Crippen molar-refractivity contribution < 1.29 is 14.7 Å². The maximum atomic E-state index is 11.2. The van der Waals surface area contributed by atoms with Crippen LogP contribution < -0.4 is 5.32 Å². The second-order valence-electron chi connectivity index (χ2n) is 4.77. The molecule has 0 fully saturated rings. The Bertz CT molecular complexity index is 523. The Hall–Kier alpha value is -2.28. The van der Waals surface area contributed by atoms with Crippen LogP contribution in [-0.4, -0.2) is 24.0 Å². The molecule has 112 valence electrons. The average molecular weight is 287 g/mol. The maximum Gasteiger partial charge on any atom is 0.303 e. The highest BCUT2D eigenvalue weighted by Crippen LogP contribution is 2.06. The van der Waals surface area contributed by atoms with E-state index in [4.69, 9.17) is 5.11 Å². The predicted molar refractivity (Wildman–Crippen MR) is 81.8 cm³/mol. The Labute approximate surface area is 125 Å². The number of aryl methyl sites for hydroxylation is 1. The summed E-state index contributed by atoms with van der Waals surface area (Å²) in [5.74, 6) is 5.39. The topological polar surface area (TPSA) is 66.4 Å². The smallest absolute Gasteiger partial charge is 0.303 e. The molecule has 0 radical (unpaired) electrons. The monoisotopic (exact) mass is 287 g/mol. The van der Waals surface area contributed by atoms with Crippen LogP contribution in [0.15, 0.2) is 24.3 Å². The van der Waals surface area contributed by atoms with Crippen LogP contribution in [0.1, 0.15) is 43.2 Å². The zero-order valence-electron chi connectivity index (χ0n) is 12.3. The summed E-state index contributed by atoms with van der Waals surface area (Å²) < 4.78 is 0. The van der Waals surface area contributed by atoms with E-state index < -0.39 is 5.97 Å². The Morgan fingerprint density at radius 3 is 2.48 bits per heavy atom. The van der Waals surface area contributed by atoms with Crippen LogP contribution in [0.5, 0.6) is 0 Å². The van der Waals surface area contributed by atoms with E-state index >= 15 is 0 Å². The van der Waals surface area contributed by atoms with Gasteiger partial charge in [0.25, 0.3) is 0 Å². The summed E-state index contributed by atoms with van der Waals surface area (Å²) in [4.78, 5) is 21.5. The van der Waals surface area contributed by atoms with Crippen molar-refractivity contribution in [1.29, 1.82) is 0 Å². The van der Waals surface area contributed by atoms with Gasteiger partial charge in [-0.05, 0) is 37.0 Å². The predicted octanol–water partition coefficient (Wildman–Crippen LogP) is 2.36. The van der Waals surface area contributed by atoms with Gasteiger partial charge < -0.3 is 10.4 Å². The highest BCUT2D eigenvalue weighted by Gasteiger charge is 1.99. The number of rotatable bonds is 7. The number of carbonyl (C=O) groups is 2. The highest BCUT2D eigenvalue weighted by molar-refractivity contribution is 5.75. The van der Waals surface area contributed by atoms with Crippen LogP contribution >= 0.6 is 0 Å². The third kappa shape index (κ3) is 7.78. The van der Waals surface area contributed by atoms with Crippen LogP contribution in [0, 0.1) is 11.8 Å². The summed E-state index contributed by atoms with van der Waals surface area (Å²) in [5, 5.41) is 11.1. The third-order valence-corrected chi connectivity index (χ3v) is 3.05. The standard InChI is InChI=1S/C17H21NO3/c1-18-16(19)13-12-15-10-8-14(9-11-15)6-4-2-3-5-7-17(20)21/h8-11H,2-3,5,7,12-13H2,1H3,(H,18,19)(H,20,21). The lowest BCUT2D eigenvalue weighted by atomic mass is 10.1. The van der Waals surface area contributed by atoms with Gasteiger partial charge in [-0.1, -0.05) is 24.0 Å². The van der Waals surface area contributed by atoms with Crippen molar-refractivity contribution in [3.8, 4) is 11.8 Å². The van der Waals surface area contributed by atoms with Gasteiger partial charge in [0.15, 0.2) is 0 Å². The van der Waals surface area contributed by atoms with Gasteiger partial charge in [-0.2, -0.15) is 0 Å². The van der Waals surface area contributed by atoms with Crippen molar-refractivity contribution in [2.75, 3.05) is 7.05 Å². The van der Waals surface area contributed by atoms with Crippen LogP contribution in [0.4, 0.5) is 0 Å². The third-order valence-electron chi connectivity index (χ3n) is 3.05. The van der Waals surface area contributed by atoms with Gasteiger partial charge in [-0.25, -0.2) is 0 Å². The minimum Gasteiger partial charge on any atom is -0.481 e. The molecular weight excluding hydrogens is 266 g/mol. The van der Waals surface area contributed by atoms with Crippen LogP contribution in [0.2, 0.25) is 0 Å². The molecule has 0 bridgehead atoms. The minimum absolute atomic E-state index is 0.0419. The molecule has 1 aromatic carbocycles. The average Bonchev–Trinajstić information content (AvgIpc) is 2.49. The van der Waals surface area contributed by atoms with Crippen molar-refractivity contribution in [3.63, 3.8) is 0 Å². The first kappa shape index (κ1) is 16.8. The zero-order chi connectivity index (χ0) is 15.5. The maximum absolute atomic E-state index is 11.2. The highest BCUT2D eigenvalue weighted by atomic mass is 16.4. The molecule has 1 amide bonds. The minimum atomic E-state index is -0.754. The number of benzene rings is 1. The van der Waals surface area contributed by atoms with Gasteiger partial charge in [0.05, 0.1) is 0 Å². The van der Waals surface area contributed by atoms with Crippen LogP contribution in [0.3, 0.4) is 0 Å². The van der Waals surface area contributed by atoms with Gasteiger partial charge >= 0.3 is 5.97 Å². The fourth-order valence-electron chi connectivity index (χ4n) is 1.79. The number of hydrogen-bond acceptors (Lipinski definition) is 2. The number of unbranched alkanes of at least 4 members (excludes halogenated alkanes) is 2. The number of carboxylic acid groups (broad SMARTS) is 1. The van der Waals surface area contributed by atoms with E-state index in [9.17, 15) is 9.59 Å². The lowest BCUT2D eigenvalue weighted by Gasteiger charge is -2.01. The Morgan fingerprint density at radius 2 is 1.86 bits per heavy atom. The molecule has 0 aliphatic heterocycles. The SMILES string of the molecule is CNC(=O)CCc1ccc(C#CCCCCC(=O)O)cc1. The van der Waals surface area contributed by atoms with E-state index in [-0.39, 0.29) is 12.3 Å². The molecule has 0 saturated heterocycles. The van der Waals surface area contributed by atoms with Crippen molar-refractivity contribution in [3.05, 3.63) is 35.4 Å². The number of carboxylic acids is 1. The molecule has 0 aliphatic rings. The summed E-state index contributed by atoms with van der Waals surface area (Å²) in [6, 6.07) is 7.86. The molecule has 0 unspecified atom stereocenters. The molecule has 0 atom stereocenters. The number of hydrogen-bond donors (Lipinski definition) is 2. The Morgan fingerprint density at radius 1 is 1.14 bits per heavy atom. The molecule has 1 aromatic rings. The number of aliphatic carboxylic acids is 1. The largest absolute Gasteiger partial charge is 0.481 e. The van der Waals surface area contributed by atoms with Gasteiger partial charge in [0.2, 0.25) is 5.91 Å². The van der Waals surface area contributed by atoms with Gasteiger partial charge in [0.1, 0.15) is 0 Å². The molecule has 0 aromatic heterocycles. The number of nitrogens with one attached hydrogen (secondary N) is 1. The van der Waals surface area contributed by atoms with E-state index in [1.54, 1.807) is 7.05 Å². The quantitative estimate of drug-likeness (QED) is 0.597. The number of carbonyl (C=O) groups excluding carboxylic acids is 1. The molecule has 0 saturated carbocycles. The van der Waals surface area contributed by atoms with E-state index in [1.165, 1.54) is 0 Å². The lowest BCUT2D eigenvalue weighted by Crippen LogP contribution is -2.17. The summed E-state index contributed by atoms with van der Waals surface area (Å²) >= 11 is 0. The fraction of sp³-hybridized carbons (Fsp3) is 0.412. The summed E-state index contributed by atoms with van der Waals surface area (Å²) in [6.45, 7) is 0. The molecule has 0 spiro atoms. The van der Waals surface area contributed by atoms with E-state index in [0.29, 0.717) is 19.3 Å². The zero-order valence-corrected chi connectivity index (χ0v) is 12.3. The lowest BCUT2D eigenvalue weighted by molar-refractivity contribution is -0.137. The Balaban J connectivity index is 2.34. The second-order valence-corrected chi connectivity index (χ2v) is 4.77. The van der Waals surface area contributed by atoms with Crippen molar-refractivity contribution >= 4 is 11.9 Å². The fourth-order valence-corrected chi connectivity index (χ4v) is 1.79. The Kier molecular flexibility index (Phi) is 7.67. The first-order chi connectivity index (χ1) is 10.1. The molecule has 1 rings (SSSR count). The van der Waals surface area contributed by atoms with Crippen molar-refractivity contribution in [2.45, 2.75) is 38.5 Å². The molecule has 0 heterocycles.